The number of carbonyl (C=O) groups excluding carboxylic acids is 1. The quantitative estimate of drug-likeness (QED) is 0.764. The van der Waals surface area contributed by atoms with Gasteiger partial charge in [0.15, 0.2) is 5.82 Å². The second-order valence-electron chi connectivity index (χ2n) is 6.53. The zero-order chi connectivity index (χ0) is 18.1. The molecule has 4 rings (SSSR count). The first-order valence-electron chi connectivity index (χ1n) is 8.63. The van der Waals surface area contributed by atoms with Crippen LogP contribution >= 0.6 is 11.3 Å². The van der Waals surface area contributed by atoms with E-state index in [9.17, 15) is 4.79 Å². The number of rotatable bonds is 3. The number of carbonyl (C=O) groups is 1. The predicted molar refractivity (Wildman–Crippen MR) is 105 cm³/mol. The van der Waals surface area contributed by atoms with Crippen molar-refractivity contribution in [2.24, 2.45) is 0 Å². The van der Waals surface area contributed by atoms with Gasteiger partial charge in [0.2, 0.25) is 0 Å². The Bertz CT molecular complexity index is 949. The minimum Gasteiger partial charge on any atom is -0.350 e. The Labute approximate surface area is 156 Å². The molecule has 0 bridgehead atoms. The molecule has 0 atom stereocenters. The first-order chi connectivity index (χ1) is 12.6. The summed E-state index contributed by atoms with van der Waals surface area (Å²) in [5.41, 5.74) is 5.28. The molecule has 6 heteroatoms. The number of hydrogen-bond donors (Lipinski definition) is 1. The summed E-state index contributed by atoms with van der Waals surface area (Å²) in [7, 11) is 0. The van der Waals surface area contributed by atoms with Crippen molar-refractivity contribution in [3.05, 3.63) is 69.0 Å². The molecule has 132 valence electrons. The first kappa shape index (κ1) is 16.7. The summed E-state index contributed by atoms with van der Waals surface area (Å²) in [4.78, 5) is 15.6. The minimum atomic E-state index is -0.0299. The van der Waals surface area contributed by atoms with Gasteiger partial charge in [0.25, 0.3) is 5.91 Å². The van der Waals surface area contributed by atoms with Crippen LogP contribution in [0.15, 0.2) is 41.8 Å². The van der Waals surface area contributed by atoms with Gasteiger partial charge in [-0.1, -0.05) is 12.1 Å². The maximum Gasteiger partial charge on any atom is 0.266 e. The van der Waals surface area contributed by atoms with Gasteiger partial charge >= 0.3 is 0 Å². The third-order valence-corrected chi connectivity index (χ3v) is 5.71. The normalized spacial score (nSPS) is 13.4. The van der Waals surface area contributed by atoms with Gasteiger partial charge in [0, 0.05) is 18.8 Å². The Hall–Kier alpha value is -2.73. The van der Waals surface area contributed by atoms with Crippen molar-refractivity contribution in [2.45, 2.75) is 26.8 Å². The number of aryl methyl sites for hydroxylation is 2. The number of aromatic nitrogens is 2. The lowest BCUT2D eigenvalue weighted by molar-refractivity contribution is 0.103. The Morgan fingerprint density at radius 2 is 2.04 bits per heavy atom. The fourth-order valence-corrected chi connectivity index (χ4v) is 4.09. The molecule has 1 aliphatic rings. The van der Waals surface area contributed by atoms with Gasteiger partial charge in [-0.05, 0) is 66.6 Å². The van der Waals surface area contributed by atoms with Crippen LogP contribution in [0.25, 0.3) is 0 Å². The summed E-state index contributed by atoms with van der Waals surface area (Å²) >= 11 is 1.48. The summed E-state index contributed by atoms with van der Waals surface area (Å²) in [6.45, 7) is 5.53. The van der Waals surface area contributed by atoms with Crippen molar-refractivity contribution in [1.82, 2.24) is 10.2 Å². The number of nitrogens with one attached hydrogen (secondary N) is 1. The van der Waals surface area contributed by atoms with Crippen molar-refractivity contribution in [2.75, 3.05) is 16.8 Å². The number of amides is 1. The molecule has 2 aromatic heterocycles. The molecule has 0 unspecified atom stereocenters. The predicted octanol–water partition coefficient (Wildman–Crippen LogP) is 3.97. The van der Waals surface area contributed by atoms with Crippen LogP contribution in [-0.4, -0.2) is 22.6 Å². The Morgan fingerprint density at radius 1 is 1.15 bits per heavy atom. The topological polar surface area (TPSA) is 58.1 Å². The third kappa shape index (κ3) is 3.20. The second-order valence-corrected chi connectivity index (χ2v) is 7.45. The first-order valence-corrected chi connectivity index (χ1v) is 9.51. The lowest BCUT2D eigenvalue weighted by Gasteiger charge is -2.30. The van der Waals surface area contributed by atoms with Crippen LogP contribution in [0.4, 0.5) is 11.5 Å². The van der Waals surface area contributed by atoms with E-state index in [1.807, 2.05) is 49.6 Å². The van der Waals surface area contributed by atoms with Crippen LogP contribution in [-0.2, 0) is 13.0 Å². The fourth-order valence-electron chi connectivity index (χ4n) is 3.27. The van der Waals surface area contributed by atoms with Crippen LogP contribution in [0.2, 0.25) is 0 Å². The molecule has 0 aliphatic carbocycles. The molecule has 1 amide bonds. The van der Waals surface area contributed by atoms with E-state index >= 15 is 0 Å². The van der Waals surface area contributed by atoms with Gasteiger partial charge < -0.3 is 10.2 Å². The van der Waals surface area contributed by atoms with E-state index < -0.39 is 0 Å². The molecule has 0 fully saturated rings. The summed E-state index contributed by atoms with van der Waals surface area (Å²) in [5.74, 6) is 0.864. The molecule has 26 heavy (non-hydrogen) atoms. The minimum absolute atomic E-state index is 0.0299. The summed E-state index contributed by atoms with van der Waals surface area (Å²) in [5, 5.41) is 13.5. The smallest absolute Gasteiger partial charge is 0.266 e. The standard InChI is InChI=1S/C20H20N4OS/c1-13-9-11-26-19(13)20(25)21-17-5-3-4-15-12-24(10-8-16(15)17)18-7-6-14(2)22-23-18/h3-7,9,11H,8,10,12H2,1-2H3,(H,21,25). The maximum atomic E-state index is 12.6. The highest BCUT2D eigenvalue weighted by Gasteiger charge is 2.21. The van der Waals surface area contributed by atoms with Crippen LogP contribution in [0.5, 0.6) is 0 Å². The van der Waals surface area contributed by atoms with Crippen LogP contribution in [0, 0.1) is 13.8 Å². The average molecular weight is 364 g/mol. The number of nitrogens with zero attached hydrogens (tertiary/aromatic N) is 3. The molecule has 5 nitrogen and oxygen atoms in total. The van der Waals surface area contributed by atoms with E-state index in [0.717, 1.165) is 47.2 Å². The Kier molecular flexibility index (Phi) is 4.42. The number of fused-ring (bicyclic) bond motifs is 1. The highest BCUT2D eigenvalue weighted by Crippen LogP contribution is 2.29. The fraction of sp³-hybridized carbons (Fsp3) is 0.250. The lowest BCUT2D eigenvalue weighted by Crippen LogP contribution is -2.32. The molecule has 1 aliphatic heterocycles. The Morgan fingerprint density at radius 3 is 2.77 bits per heavy atom. The third-order valence-electron chi connectivity index (χ3n) is 4.69. The monoisotopic (exact) mass is 364 g/mol. The van der Waals surface area contributed by atoms with Gasteiger partial charge in [-0.15, -0.1) is 16.4 Å². The van der Waals surface area contributed by atoms with E-state index in [2.05, 4.69) is 26.5 Å². The van der Waals surface area contributed by atoms with Crippen molar-refractivity contribution in [3.63, 3.8) is 0 Å². The zero-order valence-corrected chi connectivity index (χ0v) is 15.6. The number of benzene rings is 1. The Balaban J connectivity index is 1.56. The van der Waals surface area contributed by atoms with Crippen LogP contribution in [0.3, 0.4) is 0 Å². The van der Waals surface area contributed by atoms with E-state index in [0.29, 0.717) is 0 Å². The molecule has 0 radical (unpaired) electrons. The van der Waals surface area contributed by atoms with Gasteiger partial charge in [0.1, 0.15) is 0 Å². The maximum absolute atomic E-state index is 12.6. The van der Waals surface area contributed by atoms with Gasteiger partial charge in [-0.25, -0.2) is 0 Å². The summed E-state index contributed by atoms with van der Waals surface area (Å²) in [6.07, 6.45) is 0.866. The molecule has 3 aromatic rings. The molecule has 3 heterocycles. The van der Waals surface area contributed by atoms with Crippen LogP contribution < -0.4 is 10.2 Å². The van der Waals surface area contributed by atoms with Crippen LogP contribution in [0.1, 0.15) is 32.1 Å². The molecule has 1 aromatic carbocycles. The molecule has 0 saturated carbocycles. The highest BCUT2D eigenvalue weighted by molar-refractivity contribution is 7.12. The van der Waals surface area contributed by atoms with Crippen molar-refractivity contribution >= 4 is 28.7 Å². The molecule has 0 spiro atoms. The highest BCUT2D eigenvalue weighted by atomic mass is 32.1. The van der Waals surface area contributed by atoms with E-state index in [-0.39, 0.29) is 5.91 Å². The molecular formula is C20H20N4OS. The molecular weight excluding hydrogens is 344 g/mol. The average Bonchev–Trinajstić information content (AvgIpc) is 3.08. The molecule has 1 N–H and O–H groups in total. The van der Waals surface area contributed by atoms with E-state index in [1.54, 1.807) is 0 Å². The van der Waals surface area contributed by atoms with E-state index in [4.69, 9.17) is 0 Å². The zero-order valence-electron chi connectivity index (χ0n) is 14.8. The largest absolute Gasteiger partial charge is 0.350 e. The van der Waals surface area contributed by atoms with Gasteiger partial charge in [-0.3, -0.25) is 4.79 Å². The lowest BCUT2D eigenvalue weighted by atomic mass is 9.97. The number of thiophene rings is 1. The van der Waals surface area contributed by atoms with Gasteiger partial charge in [0.05, 0.1) is 10.6 Å². The van der Waals surface area contributed by atoms with E-state index in [1.165, 1.54) is 22.5 Å². The SMILES string of the molecule is Cc1ccc(N2CCc3c(cccc3NC(=O)c3sccc3C)C2)nn1. The summed E-state index contributed by atoms with van der Waals surface area (Å²) in [6, 6.07) is 12.1. The van der Waals surface area contributed by atoms with Crippen molar-refractivity contribution in [3.8, 4) is 0 Å². The van der Waals surface area contributed by atoms with Crippen molar-refractivity contribution in [1.29, 1.82) is 0 Å². The van der Waals surface area contributed by atoms with Crippen molar-refractivity contribution < 1.29 is 4.79 Å². The number of hydrogen-bond acceptors (Lipinski definition) is 5. The summed E-state index contributed by atoms with van der Waals surface area (Å²) < 4.78 is 0. The molecule has 0 saturated heterocycles. The second kappa shape index (κ2) is 6.88. The van der Waals surface area contributed by atoms with Gasteiger partial charge in [-0.2, -0.15) is 5.10 Å². The number of anilines is 2.